The number of aromatic nitrogens is 2. The maximum atomic E-state index is 4.25. The normalized spacial score (nSPS) is 24.8. The third-order valence-corrected chi connectivity index (χ3v) is 4.17. The van der Waals surface area contributed by atoms with Gasteiger partial charge in [-0.15, -0.1) is 0 Å². The Balaban J connectivity index is 1.89. The van der Waals surface area contributed by atoms with Gasteiger partial charge in [0, 0.05) is 45.0 Å². The predicted octanol–water partition coefficient (Wildman–Crippen LogP) is 1.82. The lowest BCUT2D eigenvalue weighted by atomic mass is 10.0. The van der Waals surface area contributed by atoms with Crippen LogP contribution in [-0.4, -0.2) is 46.4 Å². The summed E-state index contributed by atoms with van der Waals surface area (Å²) >= 11 is 0. The van der Waals surface area contributed by atoms with E-state index < -0.39 is 0 Å². The second-order valence-electron chi connectivity index (χ2n) is 5.72. The first kappa shape index (κ1) is 14.5. The fourth-order valence-corrected chi connectivity index (χ4v) is 2.97. The fourth-order valence-electron chi connectivity index (χ4n) is 2.97. The van der Waals surface area contributed by atoms with Crippen LogP contribution in [0.2, 0.25) is 0 Å². The van der Waals surface area contributed by atoms with E-state index in [0.29, 0.717) is 12.1 Å². The van der Waals surface area contributed by atoms with Gasteiger partial charge in [-0.25, -0.2) is 0 Å². The van der Waals surface area contributed by atoms with Crippen molar-refractivity contribution < 1.29 is 0 Å². The number of piperazine rings is 1. The van der Waals surface area contributed by atoms with Gasteiger partial charge >= 0.3 is 0 Å². The van der Waals surface area contributed by atoms with Crippen molar-refractivity contribution in [1.82, 2.24) is 20.0 Å². The summed E-state index contributed by atoms with van der Waals surface area (Å²) < 4.78 is 1.89. The van der Waals surface area contributed by atoms with Gasteiger partial charge < -0.3 is 5.32 Å². The van der Waals surface area contributed by atoms with Crippen molar-refractivity contribution in [2.24, 2.45) is 7.05 Å². The first-order valence-corrected chi connectivity index (χ1v) is 7.67. The lowest BCUT2D eigenvalue weighted by Gasteiger charge is -2.40. The average molecular weight is 264 g/mol. The van der Waals surface area contributed by atoms with Crippen molar-refractivity contribution in [2.45, 2.75) is 51.6 Å². The molecule has 1 aromatic rings. The lowest BCUT2D eigenvalue weighted by molar-refractivity contribution is 0.122. The third-order valence-electron chi connectivity index (χ3n) is 4.17. The molecule has 1 aromatic heterocycles. The molecule has 0 aliphatic carbocycles. The summed E-state index contributed by atoms with van der Waals surface area (Å²) in [5.41, 5.74) is 1.35. The second-order valence-corrected chi connectivity index (χ2v) is 5.72. The number of rotatable bonds is 6. The van der Waals surface area contributed by atoms with E-state index >= 15 is 0 Å². The summed E-state index contributed by atoms with van der Waals surface area (Å²) in [7, 11) is 1.99. The minimum absolute atomic E-state index is 0.669. The standard InChI is InChI=1S/C15H28N4/c1-4-6-15-10-16-14(5-2)12-19(15)8-7-13-9-17-18(3)11-13/h9,11,14-16H,4-8,10,12H2,1-3H3. The molecule has 19 heavy (non-hydrogen) atoms. The van der Waals surface area contributed by atoms with Gasteiger partial charge in [0.2, 0.25) is 0 Å². The molecule has 1 aliphatic rings. The molecular weight excluding hydrogens is 236 g/mol. The highest BCUT2D eigenvalue weighted by Crippen LogP contribution is 2.14. The molecule has 0 saturated carbocycles. The largest absolute Gasteiger partial charge is 0.311 e. The van der Waals surface area contributed by atoms with Crippen LogP contribution in [0.4, 0.5) is 0 Å². The molecule has 2 unspecified atom stereocenters. The van der Waals surface area contributed by atoms with Crippen molar-refractivity contribution in [1.29, 1.82) is 0 Å². The molecule has 1 N–H and O–H groups in total. The molecule has 1 aliphatic heterocycles. The summed E-state index contributed by atoms with van der Waals surface area (Å²) in [6, 6.07) is 1.38. The highest BCUT2D eigenvalue weighted by Gasteiger charge is 2.25. The monoisotopic (exact) mass is 264 g/mol. The molecule has 2 heterocycles. The number of nitrogens with zero attached hydrogens (tertiary/aromatic N) is 3. The minimum Gasteiger partial charge on any atom is -0.311 e. The zero-order valence-corrected chi connectivity index (χ0v) is 12.6. The molecule has 0 amide bonds. The van der Waals surface area contributed by atoms with Crippen molar-refractivity contribution in [3.8, 4) is 0 Å². The van der Waals surface area contributed by atoms with Gasteiger partial charge in [0.05, 0.1) is 6.20 Å². The first-order valence-electron chi connectivity index (χ1n) is 7.67. The van der Waals surface area contributed by atoms with Crippen LogP contribution in [0.25, 0.3) is 0 Å². The van der Waals surface area contributed by atoms with Gasteiger partial charge in [-0.3, -0.25) is 9.58 Å². The van der Waals surface area contributed by atoms with Crippen LogP contribution < -0.4 is 5.32 Å². The summed E-state index contributed by atoms with van der Waals surface area (Å²) in [4.78, 5) is 2.68. The molecule has 0 spiro atoms. The van der Waals surface area contributed by atoms with Gasteiger partial charge in [-0.2, -0.15) is 5.10 Å². The van der Waals surface area contributed by atoms with E-state index in [1.165, 1.54) is 31.4 Å². The van der Waals surface area contributed by atoms with Crippen LogP contribution in [0.5, 0.6) is 0 Å². The number of hydrogen-bond donors (Lipinski definition) is 1. The number of hydrogen-bond acceptors (Lipinski definition) is 3. The average Bonchev–Trinajstić information content (AvgIpc) is 2.83. The Morgan fingerprint density at radius 1 is 1.42 bits per heavy atom. The van der Waals surface area contributed by atoms with Crippen LogP contribution in [0.1, 0.15) is 38.7 Å². The predicted molar refractivity (Wildman–Crippen MR) is 79.3 cm³/mol. The van der Waals surface area contributed by atoms with E-state index in [2.05, 4.69) is 35.4 Å². The van der Waals surface area contributed by atoms with E-state index in [1.807, 2.05) is 17.9 Å². The Morgan fingerprint density at radius 3 is 2.89 bits per heavy atom. The first-order chi connectivity index (χ1) is 9.22. The number of nitrogens with one attached hydrogen (secondary N) is 1. The quantitative estimate of drug-likeness (QED) is 0.851. The summed E-state index contributed by atoms with van der Waals surface area (Å²) in [5.74, 6) is 0. The Hall–Kier alpha value is -0.870. The van der Waals surface area contributed by atoms with Crippen molar-refractivity contribution in [3.05, 3.63) is 18.0 Å². The maximum Gasteiger partial charge on any atom is 0.0522 e. The molecule has 1 saturated heterocycles. The zero-order valence-electron chi connectivity index (χ0n) is 12.6. The van der Waals surface area contributed by atoms with Crippen LogP contribution in [0.3, 0.4) is 0 Å². The topological polar surface area (TPSA) is 33.1 Å². The molecule has 4 heteroatoms. The van der Waals surface area contributed by atoms with Gasteiger partial charge in [-0.05, 0) is 24.8 Å². The van der Waals surface area contributed by atoms with E-state index in [0.717, 1.165) is 19.5 Å². The zero-order chi connectivity index (χ0) is 13.7. The second kappa shape index (κ2) is 7.06. The van der Waals surface area contributed by atoms with Crippen LogP contribution in [-0.2, 0) is 13.5 Å². The Bertz CT molecular complexity index is 374. The summed E-state index contributed by atoms with van der Waals surface area (Å²) in [5, 5.41) is 7.93. The highest BCUT2D eigenvalue weighted by atomic mass is 15.2. The molecule has 2 rings (SSSR count). The number of aryl methyl sites for hydroxylation is 1. The Kier molecular flexibility index (Phi) is 5.40. The fraction of sp³-hybridized carbons (Fsp3) is 0.800. The molecule has 0 aromatic carbocycles. The molecule has 108 valence electrons. The van der Waals surface area contributed by atoms with E-state index in [9.17, 15) is 0 Å². The van der Waals surface area contributed by atoms with E-state index in [-0.39, 0.29) is 0 Å². The van der Waals surface area contributed by atoms with Crippen molar-refractivity contribution in [2.75, 3.05) is 19.6 Å². The van der Waals surface area contributed by atoms with E-state index in [1.54, 1.807) is 0 Å². The minimum atomic E-state index is 0.669. The highest BCUT2D eigenvalue weighted by molar-refractivity contribution is 5.04. The Morgan fingerprint density at radius 2 is 2.26 bits per heavy atom. The molecule has 0 radical (unpaired) electrons. The van der Waals surface area contributed by atoms with E-state index in [4.69, 9.17) is 0 Å². The van der Waals surface area contributed by atoms with Gasteiger partial charge in [-0.1, -0.05) is 20.3 Å². The molecule has 1 fully saturated rings. The van der Waals surface area contributed by atoms with Gasteiger partial charge in [0.1, 0.15) is 0 Å². The SMILES string of the molecule is CCCC1CNC(CC)CN1CCc1cnn(C)c1. The van der Waals surface area contributed by atoms with Crippen molar-refractivity contribution in [3.63, 3.8) is 0 Å². The van der Waals surface area contributed by atoms with Crippen molar-refractivity contribution >= 4 is 0 Å². The maximum absolute atomic E-state index is 4.25. The molecule has 4 nitrogen and oxygen atoms in total. The molecule has 0 bridgehead atoms. The van der Waals surface area contributed by atoms with Gasteiger partial charge in [0.15, 0.2) is 0 Å². The summed E-state index contributed by atoms with van der Waals surface area (Å²) in [6.07, 6.45) is 9.04. The smallest absolute Gasteiger partial charge is 0.0522 e. The molecule has 2 atom stereocenters. The van der Waals surface area contributed by atoms with Gasteiger partial charge in [0.25, 0.3) is 0 Å². The third kappa shape index (κ3) is 4.05. The van der Waals surface area contributed by atoms with Crippen LogP contribution in [0, 0.1) is 0 Å². The lowest BCUT2D eigenvalue weighted by Crippen LogP contribution is -2.56. The molecular formula is C15H28N4. The Labute approximate surface area is 117 Å². The summed E-state index contributed by atoms with van der Waals surface area (Å²) in [6.45, 7) is 8.07. The van der Waals surface area contributed by atoms with Crippen LogP contribution >= 0.6 is 0 Å². The van der Waals surface area contributed by atoms with Crippen LogP contribution in [0.15, 0.2) is 12.4 Å².